The van der Waals surface area contributed by atoms with E-state index in [9.17, 15) is 62.3 Å². The summed E-state index contributed by atoms with van der Waals surface area (Å²) in [7, 11) is 0. The fourth-order valence-electron chi connectivity index (χ4n) is 3.55. The van der Waals surface area contributed by atoms with Crippen LogP contribution in [0, 0.1) is 0 Å². The summed E-state index contributed by atoms with van der Waals surface area (Å²) in [5.74, 6) is -21.4. The lowest BCUT2D eigenvalue weighted by atomic mass is 10.3. The van der Waals surface area contributed by atoms with E-state index < -0.39 is 88.6 Å². The number of carbonyl (C=O) groups is 13. The maximum atomic E-state index is 12.4. The summed E-state index contributed by atoms with van der Waals surface area (Å²) in [5.41, 5.74) is 5.14. The Hall–Kier alpha value is -5.58. The van der Waals surface area contributed by atoms with Crippen LogP contribution in [0.2, 0.25) is 0 Å². The number of rotatable bonds is 1. The summed E-state index contributed by atoms with van der Waals surface area (Å²) in [6.07, 6.45) is 0. The Morgan fingerprint density at radius 2 is 0.722 bits per heavy atom. The molecular formula is C27H41N13O13S. The third kappa shape index (κ3) is 19.9. The van der Waals surface area contributed by atoms with Crippen molar-refractivity contribution in [3.05, 3.63) is 0 Å². The van der Waals surface area contributed by atoms with Crippen LogP contribution in [-0.2, 0) is 62.3 Å². The molecular weight excluding hydrogens is 746 g/mol. The Balaban J connectivity index is 2.77. The van der Waals surface area contributed by atoms with E-state index in [0.29, 0.717) is 83.8 Å². The molecule has 1 heterocycles. The molecule has 0 aromatic heterocycles. The Labute approximate surface area is 309 Å². The van der Waals surface area contributed by atoms with E-state index in [1.165, 1.54) is 10.6 Å². The van der Waals surface area contributed by atoms with Gasteiger partial charge in [0.15, 0.2) is 6.04 Å². The van der Waals surface area contributed by atoms with Crippen LogP contribution >= 0.6 is 11.8 Å². The molecule has 298 valence electrons. The molecule has 14 N–H and O–H groups in total. The number of amides is 12. The first kappa shape index (κ1) is 46.4. The van der Waals surface area contributed by atoms with Gasteiger partial charge in [-0.15, -0.1) is 0 Å². The lowest BCUT2D eigenvalue weighted by molar-refractivity contribution is -0.151. The fourth-order valence-corrected chi connectivity index (χ4v) is 4.34. The van der Waals surface area contributed by atoms with Crippen molar-refractivity contribution in [3.8, 4) is 0 Å². The van der Waals surface area contributed by atoms with E-state index >= 15 is 0 Å². The number of imide groups is 5. The standard InChI is InChI=1S/C27H41N13O13S/c28-16(42)15-27(53)54-12-11-33-8-7-31-4-3-29-1-2-30-5-6-32-9-10-34-13-14(41)35-17(43)19(45)37-21(47)23(49)39-25(51)26(52)40-24(50)22(48)38-20(46)18(44)36-15/h15,29-34H,1-13H2,(H2,28,42)(H,36,44)(H,35,41,43)(H,37,45,47)(H,38,46,48)(H,39,49,51)(H,40,50,52). The molecule has 1 atom stereocenters. The van der Waals surface area contributed by atoms with Crippen molar-refractivity contribution in [2.75, 3.05) is 84.3 Å². The molecule has 1 aliphatic rings. The summed E-state index contributed by atoms with van der Waals surface area (Å²) in [6.45, 7) is 5.90. The lowest BCUT2D eigenvalue weighted by Gasteiger charge is -2.13. The molecule has 0 spiro atoms. The monoisotopic (exact) mass is 787 g/mol. The largest absolute Gasteiger partial charge is 0.367 e. The van der Waals surface area contributed by atoms with Gasteiger partial charge in [-0.3, -0.25) is 88.9 Å². The maximum absolute atomic E-state index is 12.4. The summed E-state index contributed by atoms with van der Waals surface area (Å²) in [4.78, 5) is 155. The highest BCUT2D eigenvalue weighted by atomic mass is 32.2. The second kappa shape index (κ2) is 26.2. The molecule has 12 amide bonds. The zero-order valence-electron chi connectivity index (χ0n) is 28.6. The number of hydrogen-bond donors (Lipinski definition) is 13. The molecule has 1 rings (SSSR count). The predicted molar refractivity (Wildman–Crippen MR) is 182 cm³/mol. The van der Waals surface area contributed by atoms with Crippen molar-refractivity contribution in [1.82, 2.24) is 63.8 Å². The van der Waals surface area contributed by atoms with E-state index in [-0.39, 0.29) is 5.75 Å². The molecule has 0 saturated carbocycles. The Kier molecular flexibility index (Phi) is 22.6. The second-order valence-corrected chi connectivity index (χ2v) is 11.5. The first-order chi connectivity index (χ1) is 25.6. The van der Waals surface area contributed by atoms with Crippen LogP contribution in [0.15, 0.2) is 0 Å². The molecule has 54 heavy (non-hydrogen) atoms. The highest BCUT2D eigenvalue weighted by molar-refractivity contribution is 8.13. The molecule has 1 aliphatic heterocycles. The van der Waals surface area contributed by atoms with Crippen molar-refractivity contribution < 1.29 is 62.3 Å². The van der Waals surface area contributed by atoms with E-state index in [4.69, 9.17) is 5.73 Å². The summed E-state index contributed by atoms with van der Waals surface area (Å²) in [6, 6.07) is -2.02. The number of carbonyl (C=O) groups excluding carboxylic acids is 13. The van der Waals surface area contributed by atoms with Crippen LogP contribution in [0.3, 0.4) is 0 Å². The minimum atomic E-state index is -2.05. The topological polar surface area (TPSA) is 392 Å². The average molecular weight is 788 g/mol. The number of nitrogens with two attached hydrogens (primary N) is 1. The molecule has 0 aliphatic carbocycles. The molecule has 0 aromatic rings. The normalized spacial score (nSPS) is 21.5. The van der Waals surface area contributed by atoms with Crippen LogP contribution in [-0.4, -0.2) is 166 Å². The molecule has 0 bridgehead atoms. The van der Waals surface area contributed by atoms with Crippen molar-refractivity contribution in [2.24, 2.45) is 5.73 Å². The summed E-state index contributed by atoms with van der Waals surface area (Å²) >= 11 is 0.602. The molecule has 1 saturated heterocycles. The van der Waals surface area contributed by atoms with Crippen LogP contribution in [0.5, 0.6) is 0 Å². The van der Waals surface area contributed by atoms with Gasteiger partial charge in [0.25, 0.3) is 0 Å². The van der Waals surface area contributed by atoms with Gasteiger partial charge in [-0.05, 0) is 0 Å². The van der Waals surface area contributed by atoms with Crippen LogP contribution in [0.1, 0.15) is 0 Å². The Bertz CT molecular complexity index is 1480. The molecule has 0 aromatic carbocycles. The predicted octanol–water partition coefficient (Wildman–Crippen LogP) is -11.0. The smallest absolute Gasteiger partial charge is 0.316 e. The third-order valence-corrected chi connectivity index (χ3v) is 7.12. The maximum Gasteiger partial charge on any atom is 0.316 e. The minimum Gasteiger partial charge on any atom is -0.367 e. The highest BCUT2D eigenvalue weighted by Gasteiger charge is 2.32. The quantitative estimate of drug-likeness (QED) is 0.0666. The van der Waals surface area contributed by atoms with E-state index in [1.807, 2.05) is 0 Å². The summed E-state index contributed by atoms with van der Waals surface area (Å²) in [5, 5.41) is 25.6. The van der Waals surface area contributed by atoms with Gasteiger partial charge in [0.05, 0.1) is 6.54 Å². The molecule has 26 nitrogen and oxygen atoms in total. The number of primary amides is 1. The van der Waals surface area contributed by atoms with Crippen LogP contribution < -0.4 is 69.5 Å². The number of nitrogens with one attached hydrogen (secondary N) is 12. The molecule has 27 heteroatoms. The van der Waals surface area contributed by atoms with Crippen LogP contribution in [0.4, 0.5) is 0 Å². The first-order valence-corrected chi connectivity index (χ1v) is 16.9. The number of hydrogen-bond acceptors (Lipinski definition) is 20. The van der Waals surface area contributed by atoms with Crippen molar-refractivity contribution in [2.45, 2.75) is 6.04 Å². The third-order valence-electron chi connectivity index (χ3n) is 6.19. The molecule has 0 radical (unpaired) electrons. The van der Waals surface area contributed by atoms with Gasteiger partial charge in [0.2, 0.25) is 16.9 Å². The summed E-state index contributed by atoms with van der Waals surface area (Å²) < 4.78 is 0. The average Bonchev–Trinajstić information content (AvgIpc) is 3.11. The number of thioether (sulfide) groups is 1. The van der Waals surface area contributed by atoms with E-state index in [1.54, 1.807) is 10.6 Å². The SMILES string of the molecule is NC(=O)C1NC(=O)C(=O)NC(=O)C(=O)NC(=O)C(=O)NC(=O)C(=O)NC(=O)C(=O)NC(=O)CNCCNCCNCCNCCNCCNCCSC1=O. The van der Waals surface area contributed by atoms with Crippen molar-refractivity contribution in [3.63, 3.8) is 0 Å². The van der Waals surface area contributed by atoms with Gasteiger partial charge in [-0.1, -0.05) is 11.8 Å². The van der Waals surface area contributed by atoms with Gasteiger partial charge in [0, 0.05) is 77.7 Å². The van der Waals surface area contributed by atoms with E-state index in [0.717, 1.165) is 10.6 Å². The molecule has 1 fully saturated rings. The second-order valence-electron chi connectivity index (χ2n) is 10.4. The minimum absolute atomic E-state index is 0.137. The van der Waals surface area contributed by atoms with Gasteiger partial charge in [0.1, 0.15) is 0 Å². The zero-order chi connectivity index (χ0) is 40.5. The van der Waals surface area contributed by atoms with Crippen molar-refractivity contribution >= 4 is 87.8 Å². The van der Waals surface area contributed by atoms with Gasteiger partial charge >= 0.3 is 59.1 Å². The molecule has 1 unspecified atom stereocenters. The van der Waals surface area contributed by atoms with Crippen molar-refractivity contribution in [1.29, 1.82) is 0 Å². The van der Waals surface area contributed by atoms with Gasteiger partial charge in [-0.25, -0.2) is 0 Å². The van der Waals surface area contributed by atoms with E-state index in [2.05, 4.69) is 31.9 Å². The van der Waals surface area contributed by atoms with Gasteiger partial charge in [-0.2, -0.15) is 0 Å². The zero-order valence-corrected chi connectivity index (χ0v) is 29.4. The lowest BCUT2D eigenvalue weighted by Crippen LogP contribution is -2.56. The Morgan fingerprint density at radius 1 is 0.426 bits per heavy atom. The first-order valence-electron chi connectivity index (χ1n) is 15.9. The van der Waals surface area contributed by atoms with Gasteiger partial charge < -0.3 is 43.0 Å². The highest BCUT2D eigenvalue weighted by Crippen LogP contribution is 2.05. The fraction of sp³-hybridized carbons (Fsp3) is 0.519. The van der Waals surface area contributed by atoms with Crippen LogP contribution in [0.25, 0.3) is 0 Å². The Morgan fingerprint density at radius 3 is 1.07 bits per heavy atom.